The van der Waals surface area contributed by atoms with Gasteiger partial charge in [-0.1, -0.05) is 55.6 Å². The Morgan fingerprint density at radius 2 is 1.53 bits per heavy atom. The van der Waals surface area contributed by atoms with Crippen LogP contribution in [0.15, 0.2) is 61.7 Å². The molecule has 0 N–H and O–H groups in total. The SMILES string of the molecule is C=Cc1ccc(Oc2ccccc2C=C)cc1. The van der Waals surface area contributed by atoms with Crippen LogP contribution >= 0.6 is 0 Å². The molecular formula is C16H14O. The highest BCUT2D eigenvalue weighted by Crippen LogP contribution is 2.26. The van der Waals surface area contributed by atoms with E-state index in [4.69, 9.17) is 4.74 Å². The van der Waals surface area contributed by atoms with Crippen LogP contribution in [0.25, 0.3) is 12.2 Å². The first-order valence-electron chi connectivity index (χ1n) is 5.45. The number of rotatable bonds is 4. The quantitative estimate of drug-likeness (QED) is 0.724. The van der Waals surface area contributed by atoms with E-state index in [0.717, 1.165) is 22.6 Å². The van der Waals surface area contributed by atoms with Crippen LogP contribution in [-0.2, 0) is 0 Å². The number of hydrogen-bond acceptors (Lipinski definition) is 1. The molecule has 2 aromatic rings. The van der Waals surface area contributed by atoms with Crippen molar-refractivity contribution < 1.29 is 4.74 Å². The van der Waals surface area contributed by atoms with Gasteiger partial charge < -0.3 is 4.74 Å². The molecule has 0 radical (unpaired) electrons. The summed E-state index contributed by atoms with van der Waals surface area (Å²) in [7, 11) is 0. The van der Waals surface area contributed by atoms with Crippen molar-refractivity contribution >= 4 is 12.2 Å². The Kier molecular flexibility index (Phi) is 3.41. The number of para-hydroxylation sites is 1. The van der Waals surface area contributed by atoms with Gasteiger partial charge in [0.1, 0.15) is 11.5 Å². The maximum atomic E-state index is 5.79. The van der Waals surface area contributed by atoms with Crippen LogP contribution in [0.5, 0.6) is 11.5 Å². The molecule has 0 aliphatic rings. The summed E-state index contributed by atoms with van der Waals surface area (Å²) >= 11 is 0. The van der Waals surface area contributed by atoms with Crippen LogP contribution in [0.2, 0.25) is 0 Å². The van der Waals surface area contributed by atoms with Crippen molar-refractivity contribution in [1.82, 2.24) is 0 Å². The van der Waals surface area contributed by atoms with Crippen LogP contribution in [0.3, 0.4) is 0 Å². The van der Waals surface area contributed by atoms with Crippen LogP contribution in [-0.4, -0.2) is 0 Å². The standard InChI is InChI=1S/C16H14O/c1-3-13-9-11-15(12-10-13)17-16-8-6-5-7-14(16)4-2/h3-12H,1-2H2. The van der Waals surface area contributed by atoms with Crippen molar-refractivity contribution in [2.24, 2.45) is 0 Å². The largest absolute Gasteiger partial charge is 0.457 e. The lowest BCUT2D eigenvalue weighted by Crippen LogP contribution is -1.86. The van der Waals surface area contributed by atoms with Gasteiger partial charge in [0.2, 0.25) is 0 Å². The molecule has 1 nitrogen and oxygen atoms in total. The van der Waals surface area contributed by atoms with E-state index < -0.39 is 0 Å². The molecule has 0 saturated heterocycles. The van der Waals surface area contributed by atoms with E-state index in [1.807, 2.05) is 54.6 Å². The van der Waals surface area contributed by atoms with Crippen molar-refractivity contribution in [3.8, 4) is 11.5 Å². The molecule has 0 heterocycles. The van der Waals surface area contributed by atoms with Gasteiger partial charge in [-0.3, -0.25) is 0 Å². The average molecular weight is 222 g/mol. The van der Waals surface area contributed by atoms with Crippen molar-refractivity contribution in [2.75, 3.05) is 0 Å². The van der Waals surface area contributed by atoms with Gasteiger partial charge in [-0.25, -0.2) is 0 Å². The fourth-order valence-electron chi connectivity index (χ4n) is 1.54. The topological polar surface area (TPSA) is 9.23 Å². The summed E-state index contributed by atoms with van der Waals surface area (Å²) in [5.41, 5.74) is 2.06. The van der Waals surface area contributed by atoms with Gasteiger partial charge in [0.05, 0.1) is 0 Å². The summed E-state index contributed by atoms with van der Waals surface area (Å²) in [5.74, 6) is 1.62. The third-order valence-corrected chi connectivity index (χ3v) is 2.48. The van der Waals surface area contributed by atoms with Gasteiger partial charge in [-0.15, -0.1) is 0 Å². The minimum absolute atomic E-state index is 0.810. The van der Waals surface area contributed by atoms with E-state index in [1.165, 1.54) is 0 Å². The highest BCUT2D eigenvalue weighted by molar-refractivity contribution is 5.56. The Balaban J connectivity index is 2.24. The van der Waals surface area contributed by atoms with Crippen LogP contribution in [0, 0.1) is 0 Å². The Labute approximate surface area is 102 Å². The van der Waals surface area contributed by atoms with E-state index >= 15 is 0 Å². The Hall–Kier alpha value is -2.28. The molecular weight excluding hydrogens is 208 g/mol. The molecule has 0 aliphatic carbocycles. The minimum atomic E-state index is 0.810. The Morgan fingerprint density at radius 1 is 0.824 bits per heavy atom. The summed E-state index contributed by atoms with van der Waals surface area (Å²) in [5, 5.41) is 0. The molecule has 0 unspecified atom stereocenters. The predicted octanol–water partition coefficient (Wildman–Crippen LogP) is 4.76. The Morgan fingerprint density at radius 3 is 2.18 bits per heavy atom. The molecule has 84 valence electrons. The lowest BCUT2D eigenvalue weighted by Gasteiger charge is -2.08. The molecule has 0 spiro atoms. The van der Waals surface area contributed by atoms with Gasteiger partial charge >= 0.3 is 0 Å². The molecule has 0 saturated carbocycles. The highest BCUT2D eigenvalue weighted by Gasteiger charge is 2.00. The zero-order valence-electron chi connectivity index (χ0n) is 9.60. The van der Waals surface area contributed by atoms with Crippen molar-refractivity contribution in [3.63, 3.8) is 0 Å². The van der Waals surface area contributed by atoms with Gasteiger partial charge in [-0.05, 0) is 23.8 Å². The summed E-state index contributed by atoms with van der Waals surface area (Å²) < 4.78 is 5.79. The van der Waals surface area contributed by atoms with Crippen molar-refractivity contribution in [2.45, 2.75) is 0 Å². The predicted molar refractivity (Wildman–Crippen MR) is 73.1 cm³/mol. The zero-order chi connectivity index (χ0) is 12.1. The van der Waals surface area contributed by atoms with Gasteiger partial charge in [0.15, 0.2) is 0 Å². The number of ether oxygens (including phenoxy) is 1. The highest BCUT2D eigenvalue weighted by atomic mass is 16.5. The van der Waals surface area contributed by atoms with E-state index in [1.54, 1.807) is 6.08 Å². The third kappa shape index (κ3) is 2.64. The van der Waals surface area contributed by atoms with E-state index in [9.17, 15) is 0 Å². The second-order valence-electron chi connectivity index (χ2n) is 3.62. The van der Waals surface area contributed by atoms with Crippen molar-refractivity contribution in [3.05, 3.63) is 72.8 Å². The normalized spacial score (nSPS) is 9.65. The molecule has 0 aliphatic heterocycles. The third-order valence-electron chi connectivity index (χ3n) is 2.48. The first kappa shape index (κ1) is 11.2. The number of benzene rings is 2. The van der Waals surface area contributed by atoms with Crippen LogP contribution < -0.4 is 4.74 Å². The second-order valence-corrected chi connectivity index (χ2v) is 3.62. The zero-order valence-corrected chi connectivity index (χ0v) is 9.60. The number of hydrogen-bond donors (Lipinski definition) is 0. The first-order valence-corrected chi connectivity index (χ1v) is 5.45. The maximum Gasteiger partial charge on any atom is 0.134 e. The van der Waals surface area contributed by atoms with Gasteiger partial charge in [0.25, 0.3) is 0 Å². The molecule has 1 heteroatoms. The minimum Gasteiger partial charge on any atom is -0.457 e. The van der Waals surface area contributed by atoms with Crippen LogP contribution in [0.4, 0.5) is 0 Å². The fourth-order valence-corrected chi connectivity index (χ4v) is 1.54. The molecule has 2 aromatic carbocycles. The molecule has 2 rings (SSSR count). The summed E-state index contributed by atoms with van der Waals surface area (Å²) in [6, 6.07) is 15.6. The lowest BCUT2D eigenvalue weighted by molar-refractivity contribution is 0.481. The monoisotopic (exact) mass is 222 g/mol. The summed E-state index contributed by atoms with van der Waals surface area (Å²) in [4.78, 5) is 0. The molecule has 17 heavy (non-hydrogen) atoms. The fraction of sp³-hybridized carbons (Fsp3) is 0. The average Bonchev–Trinajstić information content (AvgIpc) is 2.40. The van der Waals surface area contributed by atoms with E-state index in [2.05, 4.69) is 13.2 Å². The van der Waals surface area contributed by atoms with Crippen LogP contribution in [0.1, 0.15) is 11.1 Å². The van der Waals surface area contributed by atoms with Gasteiger partial charge in [0, 0.05) is 5.56 Å². The second kappa shape index (κ2) is 5.17. The molecule has 0 amide bonds. The molecule has 0 atom stereocenters. The van der Waals surface area contributed by atoms with E-state index in [0.29, 0.717) is 0 Å². The maximum absolute atomic E-state index is 5.79. The molecule has 0 bridgehead atoms. The summed E-state index contributed by atoms with van der Waals surface area (Å²) in [6.45, 7) is 7.49. The molecule has 0 fully saturated rings. The van der Waals surface area contributed by atoms with Gasteiger partial charge in [-0.2, -0.15) is 0 Å². The Bertz CT molecular complexity index is 523. The lowest BCUT2D eigenvalue weighted by atomic mass is 10.2. The van der Waals surface area contributed by atoms with E-state index in [-0.39, 0.29) is 0 Å². The molecule has 0 aromatic heterocycles. The van der Waals surface area contributed by atoms with Crippen molar-refractivity contribution in [1.29, 1.82) is 0 Å². The first-order chi connectivity index (χ1) is 8.33. The smallest absolute Gasteiger partial charge is 0.134 e. The summed E-state index contributed by atoms with van der Waals surface area (Å²) in [6.07, 6.45) is 3.59.